The van der Waals surface area contributed by atoms with Gasteiger partial charge < -0.3 is 5.32 Å². The summed E-state index contributed by atoms with van der Waals surface area (Å²) < 4.78 is 1.35. The van der Waals surface area contributed by atoms with Gasteiger partial charge in [0, 0.05) is 18.7 Å². The molecule has 0 spiro atoms. The zero-order chi connectivity index (χ0) is 13.8. The molecule has 19 heavy (non-hydrogen) atoms. The lowest BCUT2D eigenvalue weighted by Crippen LogP contribution is -2.35. The predicted molar refractivity (Wildman–Crippen MR) is 73.1 cm³/mol. The molecule has 1 saturated carbocycles. The summed E-state index contributed by atoms with van der Waals surface area (Å²) in [6.07, 6.45) is 4.04. The monoisotopic (exact) mass is 263 g/mol. The van der Waals surface area contributed by atoms with Gasteiger partial charge in [-0.25, -0.2) is 4.68 Å². The van der Waals surface area contributed by atoms with E-state index in [0.29, 0.717) is 18.2 Å². The summed E-state index contributed by atoms with van der Waals surface area (Å²) in [5, 5.41) is 7.11. The zero-order valence-electron chi connectivity index (χ0n) is 11.6. The van der Waals surface area contributed by atoms with Gasteiger partial charge in [-0.2, -0.15) is 5.10 Å². The normalized spacial score (nSPS) is 22.4. The van der Waals surface area contributed by atoms with Gasteiger partial charge in [0.2, 0.25) is 0 Å². The Morgan fingerprint density at radius 3 is 2.89 bits per heavy atom. The first-order valence-corrected chi connectivity index (χ1v) is 6.99. The van der Waals surface area contributed by atoms with Crippen molar-refractivity contribution < 1.29 is 4.79 Å². The lowest BCUT2D eigenvalue weighted by atomic mass is 10.1. The molecule has 1 aromatic rings. The third-order valence-electron chi connectivity index (χ3n) is 3.56. The summed E-state index contributed by atoms with van der Waals surface area (Å²) in [4.78, 5) is 23.6. The third kappa shape index (κ3) is 3.43. The van der Waals surface area contributed by atoms with Gasteiger partial charge in [0.25, 0.3) is 11.5 Å². The van der Waals surface area contributed by atoms with Crippen molar-refractivity contribution in [1.29, 1.82) is 0 Å². The van der Waals surface area contributed by atoms with Crippen LogP contribution in [0.1, 0.15) is 50.0 Å². The van der Waals surface area contributed by atoms with Crippen LogP contribution in [-0.4, -0.2) is 21.7 Å². The number of carbonyl (C=O) groups is 1. The van der Waals surface area contributed by atoms with Gasteiger partial charge in [0.05, 0.1) is 0 Å². The standard InChI is InChI=1S/C14H21N3O2/c1-3-8-17-13(18)7-6-12(16-17)14(19)15-11-5-4-10(2)9-11/h6-7,10-11H,3-5,8-9H2,1-2H3,(H,15,19). The van der Waals surface area contributed by atoms with Crippen molar-refractivity contribution in [3.8, 4) is 0 Å². The molecule has 0 bridgehead atoms. The molecule has 1 N–H and O–H groups in total. The van der Waals surface area contributed by atoms with E-state index in [1.165, 1.54) is 16.8 Å². The van der Waals surface area contributed by atoms with E-state index in [2.05, 4.69) is 17.3 Å². The minimum atomic E-state index is -0.177. The number of carbonyl (C=O) groups excluding carboxylic acids is 1. The van der Waals surface area contributed by atoms with E-state index in [1.807, 2.05) is 6.92 Å². The van der Waals surface area contributed by atoms with Crippen molar-refractivity contribution in [1.82, 2.24) is 15.1 Å². The number of aryl methyl sites for hydroxylation is 1. The molecule has 0 radical (unpaired) electrons. The summed E-state index contributed by atoms with van der Waals surface area (Å²) in [5.41, 5.74) is 0.167. The molecule has 0 saturated heterocycles. The number of amides is 1. The van der Waals surface area contributed by atoms with Gasteiger partial charge in [0.15, 0.2) is 0 Å². The van der Waals surface area contributed by atoms with Gasteiger partial charge in [-0.3, -0.25) is 9.59 Å². The second kappa shape index (κ2) is 5.99. The highest BCUT2D eigenvalue weighted by Crippen LogP contribution is 2.24. The van der Waals surface area contributed by atoms with Crippen LogP contribution in [0.25, 0.3) is 0 Å². The molecule has 0 aromatic carbocycles. The Kier molecular flexibility index (Phi) is 4.35. The SMILES string of the molecule is CCCn1nc(C(=O)NC2CCC(C)C2)ccc1=O. The molecule has 5 heteroatoms. The van der Waals surface area contributed by atoms with Crippen LogP contribution in [0.4, 0.5) is 0 Å². The Morgan fingerprint density at radius 2 is 2.26 bits per heavy atom. The van der Waals surface area contributed by atoms with Crippen molar-refractivity contribution in [3.05, 3.63) is 28.2 Å². The highest BCUT2D eigenvalue weighted by Gasteiger charge is 2.23. The van der Waals surface area contributed by atoms with Gasteiger partial charge in [-0.15, -0.1) is 0 Å². The number of hydrogen-bond acceptors (Lipinski definition) is 3. The number of rotatable bonds is 4. The largest absolute Gasteiger partial charge is 0.348 e. The van der Waals surface area contributed by atoms with E-state index in [4.69, 9.17) is 0 Å². The Bertz CT molecular complexity index is 510. The van der Waals surface area contributed by atoms with Crippen molar-refractivity contribution in [3.63, 3.8) is 0 Å². The van der Waals surface area contributed by atoms with Gasteiger partial charge >= 0.3 is 0 Å². The molecule has 1 fully saturated rings. The molecule has 104 valence electrons. The molecule has 0 aliphatic heterocycles. The van der Waals surface area contributed by atoms with Gasteiger partial charge in [-0.1, -0.05) is 13.8 Å². The molecule has 5 nitrogen and oxygen atoms in total. The fraction of sp³-hybridized carbons (Fsp3) is 0.643. The third-order valence-corrected chi connectivity index (χ3v) is 3.56. The minimum Gasteiger partial charge on any atom is -0.348 e. The van der Waals surface area contributed by atoms with E-state index in [9.17, 15) is 9.59 Å². The highest BCUT2D eigenvalue weighted by molar-refractivity contribution is 5.92. The maximum absolute atomic E-state index is 12.1. The molecule has 2 rings (SSSR count). The zero-order valence-corrected chi connectivity index (χ0v) is 11.6. The van der Waals surface area contributed by atoms with Crippen LogP contribution < -0.4 is 10.9 Å². The Hall–Kier alpha value is -1.65. The van der Waals surface area contributed by atoms with E-state index in [0.717, 1.165) is 25.7 Å². The average Bonchev–Trinajstić information content (AvgIpc) is 2.77. The first-order chi connectivity index (χ1) is 9.10. The van der Waals surface area contributed by atoms with Crippen molar-refractivity contribution in [2.75, 3.05) is 0 Å². The topological polar surface area (TPSA) is 64.0 Å². The van der Waals surface area contributed by atoms with Crippen molar-refractivity contribution in [2.24, 2.45) is 5.92 Å². The maximum atomic E-state index is 12.1. The first kappa shape index (κ1) is 13.8. The second-order valence-corrected chi connectivity index (χ2v) is 5.37. The Morgan fingerprint density at radius 1 is 1.47 bits per heavy atom. The van der Waals surface area contributed by atoms with Crippen LogP contribution >= 0.6 is 0 Å². The van der Waals surface area contributed by atoms with Gasteiger partial charge in [0.1, 0.15) is 5.69 Å². The molecule has 1 amide bonds. The predicted octanol–water partition coefficient (Wildman–Crippen LogP) is 1.57. The number of nitrogens with one attached hydrogen (secondary N) is 1. The molecule has 1 aromatic heterocycles. The van der Waals surface area contributed by atoms with Crippen LogP contribution in [0.3, 0.4) is 0 Å². The molecule has 1 heterocycles. The quantitative estimate of drug-likeness (QED) is 0.897. The summed E-state index contributed by atoms with van der Waals surface area (Å²) >= 11 is 0. The molecular formula is C14H21N3O2. The van der Waals surface area contributed by atoms with Crippen LogP contribution in [-0.2, 0) is 6.54 Å². The average molecular weight is 263 g/mol. The lowest BCUT2D eigenvalue weighted by Gasteiger charge is -2.12. The van der Waals surface area contributed by atoms with Gasteiger partial charge in [-0.05, 0) is 37.7 Å². The number of aromatic nitrogens is 2. The maximum Gasteiger partial charge on any atom is 0.271 e. The van der Waals surface area contributed by atoms with E-state index >= 15 is 0 Å². The Balaban J connectivity index is 2.06. The smallest absolute Gasteiger partial charge is 0.271 e. The fourth-order valence-corrected chi connectivity index (χ4v) is 2.54. The van der Waals surface area contributed by atoms with E-state index in [-0.39, 0.29) is 17.5 Å². The fourth-order valence-electron chi connectivity index (χ4n) is 2.54. The van der Waals surface area contributed by atoms with E-state index in [1.54, 1.807) is 0 Å². The van der Waals surface area contributed by atoms with Crippen molar-refractivity contribution >= 4 is 5.91 Å². The highest BCUT2D eigenvalue weighted by atomic mass is 16.2. The number of nitrogens with zero attached hydrogens (tertiary/aromatic N) is 2. The summed E-state index contributed by atoms with van der Waals surface area (Å²) in [5.74, 6) is 0.497. The molecule has 2 atom stereocenters. The molecule has 2 unspecified atom stereocenters. The second-order valence-electron chi connectivity index (χ2n) is 5.37. The summed E-state index contributed by atoms with van der Waals surface area (Å²) in [6.45, 7) is 4.72. The minimum absolute atomic E-state index is 0.159. The molecule has 1 aliphatic carbocycles. The number of hydrogen-bond donors (Lipinski definition) is 1. The van der Waals surface area contributed by atoms with Crippen molar-refractivity contribution in [2.45, 2.75) is 52.1 Å². The first-order valence-electron chi connectivity index (χ1n) is 6.99. The molecular weight excluding hydrogens is 242 g/mol. The van der Waals surface area contributed by atoms with Crippen LogP contribution in [0.2, 0.25) is 0 Å². The van der Waals surface area contributed by atoms with Crippen LogP contribution in [0.15, 0.2) is 16.9 Å². The Labute approximate surface area is 113 Å². The van der Waals surface area contributed by atoms with Crippen LogP contribution in [0, 0.1) is 5.92 Å². The summed E-state index contributed by atoms with van der Waals surface area (Å²) in [7, 11) is 0. The molecule has 1 aliphatic rings. The van der Waals surface area contributed by atoms with E-state index < -0.39 is 0 Å². The lowest BCUT2D eigenvalue weighted by molar-refractivity contribution is 0.0929. The van der Waals surface area contributed by atoms with Crippen LogP contribution in [0.5, 0.6) is 0 Å². The summed E-state index contributed by atoms with van der Waals surface area (Å²) in [6, 6.07) is 3.16.